The minimum atomic E-state index is -0.215. The van der Waals surface area contributed by atoms with Crippen molar-refractivity contribution in [1.82, 2.24) is 0 Å². The second kappa shape index (κ2) is 6.23. The van der Waals surface area contributed by atoms with Gasteiger partial charge in [0.25, 0.3) is 0 Å². The number of rotatable bonds is 4. The highest BCUT2D eigenvalue weighted by atomic mass is 19.1. The smallest absolute Gasteiger partial charge is 0.123 e. The first kappa shape index (κ1) is 13.4. The van der Waals surface area contributed by atoms with Gasteiger partial charge in [-0.3, -0.25) is 0 Å². The molecule has 0 spiro atoms. The van der Waals surface area contributed by atoms with Gasteiger partial charge in [0, 0.05) is 12.2 Å². The lowest BCUT2D eigenvalue weighted by atomic mass is 10.0. The van der Waals surface area contributed by atoms with Crippen LogP contribution >= 0.6 is 0 Å². The van der Waals surface area contributed by atoms with Gasteiger partial charge < -0.3 is 5.32 Å². The van der Waals surface area contributed by atoms with E-state index in [1.807, 2.05) is 18.2 Å². The Bertz CT molecular complexity index is 688. The van der Waals surface area contributed by atoms with Crippen molar-refractivity contribution < 1.29 is 4.39 Å². The third-order valence-electron chi connectivity index (χ3n) is 3.40. The molecule has 1 N–H and O–H groups in total. The maximum Gasteiger partial charge on any atom is 0.123 e. The van der Waals surface area contributed by atoms with E-state index in [1.165, 1.54) is 28.8 Å². The Morgan fingerprint density at radius 1 is 0.667 bits per heavy atom. The summed E-state index contributed by atoms with van der Waals surface area (Å²) in [6, 6.07) is 25.2. The van der Waals surface area contributed by atoms with Crippen molar-refractivity contribution in [2.75, 3.05) is 5.32 Å². The van der Waals surface area contributed by atoms with E-state index < -0.39 is 0 Å². The lowest BCUT2D eigenvalue weighted by Crippen LogP contribution is -1.99. The van der Waals surface area contributed by atoms with Crippen LogP contribution in [-0.4, -0.2) is 0 Å². The van der Waals surface area contributed by atoms with Crippen LogP contribution in [0.5, 0.6) is 0 Å². The number of hydrogen-bond donors (Lipinski definition) is 1. The highest BCUT2D eigenvalue weighted by Gasteiger charge is 1.98. The number of hydrogen-bond acceptors (Lipinski definition) is 1. The first-order chi connectivity index (χ1) is 10.3. The first-order valence-corrected chi connectivity index (χ1v) is 6.95. The fourth-order valence-electron chi connectivity index (χ4n) is 2.22. The molecule has 3 aromatic carbocycles. The molecule has 0 aliphatic heterocycles. The Kier molecular flexibility index (Phi) is 3.97. The van der Waals surface area contributed by atoms with Crippen LogP contribution in [0.3, 0.4) is 0 Å². The molecule has 3 aromatic rings. The summed E-state index contributed by atoms with van der Waals surface area (Å²) in [4.78, 5) is 0. The summed E-state index contributed by atoms with van der Waals surface area (Å²) in [5.74, 6) is -0.215. The molecule has 2 heteroatoms. The quantitative estimate of drug-likeness (QED) is 0.699. The SMILES string of the molecule is Fc1ccc(NCc2ccc(-c3ccccc3)cc2)cc1. The van der Waals surface area contributed by atoms with E-state index >= 15 is 0 Å². The van der Waals surface area contributed by atoms with E-state index in [1.54, 1.807) is 12.1 Å². The summed E-state index contributed by atoms with van der Waals surface area (Å²) in [6.45, 7) is 0.723. The van der Waals surface area contributed by atoms with Gasteiger partial charge in [0.1, 0.15) is 5.82 Å². The largest absolute Gasteiger partial charge is 0.381 e. The molecule has 0 aromatic heterocycles. The zero-order valence-electron chi connectivity index (χ0n) is 11.6. The van der Waals surface area contributed by atoms with Gasteiger partial charge in [-0.15, -0.1) is 0 Å². The van der Waals surface area contributed by atoms with E-state index in [-0.39, 0.29) is 5.82 Å². The van der Waals surface area contributed by atoms with Gasteiger partial charge in [0.05, 0.1) is 0 Å². The van der Waals surface area contributed by atoms with E-state index in [9.17, 15) is 4.39 Å². The molecule has 0 bridgehead atoms. The molecule has 0 unspecified atom stereocenters. The zero-order chi connectivity index (χ0) is 14.5. The second-order valence-corrected chi connectivity index (χ2v) is 4.92. The normalized spacial score (nSPS) is 10.3. The summed E-state index contributed by atoms with van der Waals surface area (Å²) in [7, 11) is 0. The van der Waals surface area contributed by atoms with Crippen molar-refractivity contribution in [2.24, 2.45) is 0 Å². The molecule has 104 valence electrons. The highest BCUT2D eigenvalue weighted by molar-refractivity contribution is 5.63. The molecule has 0 fully saturated rings. The Morgan fingerprint density at radius 3 is 1.95 bits per heavy atom. The maximum atomic E-state index is 12.8. The summed E-state index contributed by atoms with van der Waals surface area (Å²) >= 11 is 0. The first-order valence-electron chi connectivity index (χ1n) is 6.95. The predicted molar refractivity (Wildman–Crippen MR) is 85.6 cm³/mol. The molecule has 1 nitrogen and oxygen atoms in total. The number of nitrogens with one attached hydrogen (secondary N) is 1. The molecule has 0 saturated carbocycles. The average Bonchev–Trinajstić information content (AvgIpc) is 2.56. The van der Waals surface area contributed by atoms with Gasteiger partial charge in [-0.1, -0.05) is 54.6 Å². The Balaban J connectivity index is 1.66. The molecule has 0 amide bonds. The van der Waals surface area contributed by atoms with Crippen molar-refractivity contribution in [3.05, 3.63) is 90.2 Å². The van der Waals surface area contributed by atoms with Gasteiger partial charge in [-0.05, 0) is 41.0 Å². The summed E-state index contributed by atoms with van der Waals surface area (Å²) in [6.07, 6.45) is 0. The van der Waals surface area contributed by atoms with Gasteiger partial charge in [0.15, 0.2) is 0 Å². The third kappa shape index (κ3) is 3.48. The minimum Gasteiger partial charge on any atom is -0.381 e. The van der Waals surface area contributed by atoms with E-state index in [4.69, 9.17) is 0 Å². The second-order valence-electron chi connectivity index (χ2n) is 4.92. The van der Waals surface area contributed by atoms with Crippen molar-refractivity contribution in [1.29, 1.82) is 0 Å². The Morgan fingerprint density at radius 2 is 1.29 bits per heavy atom. The summed E-state index contributed by atoms with van der Waals surface area (Å²) < 4.78 is 12.8. The molecule has 0 saturated heterocycles. The van der Waals surface area contributed by atoms with E-state index in [2.05, 4.69) is 41.7 Å². The molecule has 0 aliphatic rings. The van der Waals surface area contributed by atoms with Gasteiger partial charge in [0.2, 0.25) is 0 Å². The fourth-order valence-corrected chi connectivity index (χ4v) is 2.22. The lowest BCUT2D eigenvalue weighted by Gasteiger charge is -2.08. The molecule has 3 rings (SSSR count). The van der Waals surface area contributed by atoms with Crippen LogP contribution in [-0.2, 0) is 6.54 Å². The average molecular weight is 277 g/mol. The van der Waals surface area contributed by atoms with Crippen LogP contribution in [0.15, 0.2) is 78.9 Å². The van der Waals surface area contributed by atoms with Crippen LogP contribution in [0.4, 0.5) is 10.1 Å². The van der Waals surface area contributed by atoms with Crippen LogP contribution in [0.2, 0.25) is 0 Å². The number of benzene rings is 3. The van der Waals surface area contributed by atoms with Crippen molar-refractivity contribution in [2.45, 2.75) is 6.54 Å². The van der Waals surface area contributed by atoms with Crippen LogP contribution < -0.4 is 5.32 Å². The van der Waals surface area contributed by atoms with Crippen molar-refractivity contribution >= 4 is 5.69 Å². The molecule has 0 heterocycles. The molecular formula is C19H16FN. The minimum absolute atomic E-state index is 0.215. The van der Waals surface area contributed by atoms with Gasteiger partial charge in [-0.25, -0.2) is 4.39 Å². The molecule has 0 atom stereocenters. The summed E-state index contributed by atoms with van der Waals surface area (Å²) in [5, 5.41) is 3.28. The number of anilines is 1. The Hall–Kier alpha value is -2.61. The van der Waals surface area contributed by atoms with Crippen LogP contribution in [0.1, 0.15) is 5.56 Å². The Labute approximate surface area is 124 Å². The highest BCUT2D eigenvalue weighted by Crippen LogP contribution is 2.19. The van der Waals surface area contributed by atoms with Crippen molar-refractivity contribution in [3.63, 3.8) is 0 Å². The fraction of sp³-hybridized carbons (Fsp3) is 0.0526. The molecule has 0 radical (unpaired) electrons. The monoisotopic (exact) mass is 277 g/mol. The zero-order valence-corrected chi connectivity index (χ0v) is 11.6. The van der Waals surface area contributed by atoms with E-state index in [0.717, 1.165) is 12.2 Å². The maximum absolute atomic E-state index is 12.8. The standard InChI is InChI=1S/C19H16FN/c20-18-10-12-19(13-11-18)21-14-15-6-8-17(9-7-15)16-4-2-1-3-5-16/h1-13,21H,14H2. The third-order valence-corrected chi connectivity index (χ3v) is 3.40. The van der Waals surface area contributed by atoms with Crippen molar-refractivity contribution in [3.8, 4) is 11.1 Å². The lowest BCUT2D eigenvalue weighted by molar-refractivity contribution is 0.628. The van der Waals surface area contributed by atoms with E-state index in [0.29, 0.717) is 0 Å². The van der Waals surface area contributed by atoms with Crippen LogP contribution in [0.25, 0.3) is 11.1 Å². The molecule has 21 heavy (non-hydrogen) atoms. The van der Waals surface area contributed by atoms with Gasteiger partial charge >= 0.3 is 0 Å². The van der Waals surface area contributed by atoms with Gasteiger partial charge in [-0.2, -0.15) is 0 Å². The predicted octanol–water partition coefficient (Wildman–Crippen LogP) is 5.10. The topological polar surface area (TPSA) is 12.0 Å². The number of halogens is 1. The molecular weight excluding hydrogens is 261 g/mol. The molecule has 0 aliphatic carbocycles. The summed E-state index contributed by atoms with van der Waals surface area (Å²) in [5.41, 5.74) is 4.54. The van der Waals surface area contributed by atoms with Crippen LogP contribution in [0, 0.1) is 5.82 Å².